The van der Waals surface area contributed by atoms with E-state index in [1.54, 1.807) is 39.0 Å². The Balaban J connectivity index is 1.45. The number of hydrogen-bond donors (Lipinski definition) is 0. The van der Waals surface area contributed by atoms with Gasteiger partial charge in [0.25, 0.3) is 0 Å². The van der Waals surface area contributed by atoms with Crippen LogP contribution in [-0.4, -0.2) is 21.1 Å². The average Bonchev–Trinajstić information content (AvgIpc) is 2.76. The summed E-state index contributed by atoms with van der Waals surface area (Å²) >= 11 is 0. The molecular weight excluding hydrogens is 421 g/mol. The number of benzene rings is 2. The van der Waals surface area contributed by atoms with Gasteiger partial charge in [-0.05, 0) is 68.7 Å². The zero-order valence-electron chi connectivity index (χ0n) is 20.0. The molecule has 176 valence electrons. The van der Waals surface area contributed by atoms with Crippen molar-refractivity contribution in [2.24, 2.45) is 17.8 Å². The van der Waals surface area contributed by atoms with Gasteiger partial charge in [-0.15, -0.1) is 0 Å². The Bertz CT molecular complexity index is 954. The minimum Gasteiger partial charge on any atom is -0.429 e. The summed E-state index contributed by atoms with van der Waals surface area (Å²) in [4.78, 5) is 0. The van der Waals surface area contributed by atoms with Crippen LogP contribution in [0.5, 0.6) is 5.75 Å². The van der Waals surface area contributed by atoms with Crippen LogP contribution in [0.2, 0.25) is 0 Å². The molecular formula is C27H33BF2O3. The molecule has 4 rings (SSSR count). The van der Waals surface area contributed by atoms with Crippen LogP contribution >= 0.6 is 0 Å². The number of ether oxygens (including phenoxy) is 3. The van der Waals surface area contributed by atoms with Crippen molar-refractivity contribution in [2.45, 2.75) is 65.8 Å². The minimum atomic E-state index is -3.48. The lowest BCUT2D eigenvalue weighted by Gasteiger charge is -2.37. The second kappa shape index (κ2) is 9.75. The van der Waals surface area contributed by atoms with Crippen LogP contribution in [0.15, 0.2) is 30.3 Å². The number of alkyl halides is 2. The summed E-state index contributed by atoms with van der Waals surface area (Å²) in [7, 11) is 5.79. The van der Waals surface area contributed by atoms with Gasteiger partial charge in [0.2, 0.25) is 0 Å². The Kier molecular flexibility index (Phi) is 7.16. The van der Waals surface area contributed by atoms with Crippen molar-refractivity contribution >= 4 is 13.3 Å². The second-order valence-corrected chi connectivity index (χ2v) is 9.95. The van der Waals surface area contributed by atoms with Gasteiger partial charge in [-0.2, -0.15) is 8.78 Å². The molecule has 0 bridgehead atoms. The number of halogens is 2. The second-order valence-electron chi connectivity index (χ2n) is 9.95. The van der Waals surface area contributed by atoms with Crippen molar-refractivity contribution in [1.29, 1.82) is 0 Å². The number of hydrogen-bond acceptors (Lipinski definition) is 3. The Labute approximate surface area is 197 Å². The van der Waals surface area contributed by atoms with Crippen molar-refractivity contribution in [3.8, 4) is 5.75 Å². The summed E-state index contributed by atoms with van der Waals surface area (Å²) in [6.07, 6.45) is 1.02. The summed E-state index contributed by atoms with van der Waals surface area (Å²) in [6.45, 7) is 8.73. The van der Waals surface area contributed by atoms with Crippen molar-refractivity contribution in [3.05, 3.63) is 58.1 Å². The van der Waals surface area contributed by atoms with Gasteiger partial charge < -0.3 is 14.2 Å². The van der Waals surface area contributed by atoms with Gasteiger partial charge in [0.05, 0.1) is 18.8 Å². The van der Waals surface area contributed by atoms with Gasteiger partial charge in [-0.25, -0.2) is 0 Å². The number of rotatable bonds is 5. The molecule has 2 aromatic carbocycles. The van der Waals surface area contributed by atoms with Crippen LogP contribution in [0.25, 0.3) is 0 Å². The standard InChI is InChI=1S/C27H33BF2O3/c1-16-5-7-20(8-6-16)22-14-31-26(32-15-22)21-11-18(3)25(19(4)12-21)27(29,30)33-23-9-10-24(28)17(2)13-23/h9-13,16,20,22,26H,5-8,14-15H2,1-4H3. The molecule has 0 unspecified atom stereocenters. The largest absolute Gasteiger partial charge is 0.429 e. The molecule has 2 aromatic rings. The molecule has 1 aliphatic carbocycles. The highest BCUT2D eigenvalue weighted by molar-refractivity contribution is 6.33. The number of aryl methyl sites for hydroxylation is 3. The lowest BCUT2D eigenvalue weighted by Crippen LogP contribution is -2.34. The molecule has 1 aliphatic heterocycles. The first kappa shape index (κ1) is 24.2. The summed E-state index contributed by atoms with van der Waals surface area (Å²) in [6, 6.07) is 8.00. The van der Waals surface area contributed by atoms with Gasteiger partial charge in [-0.1, -0.05) is 49.0 Å². The van der Waals surface area contributed by atoms with E-state index in [4.69, 9.17) is 22.1 Å². The monoisotopic (exact) mass is 454 g/mol. The molecule has 1 heterocycles. The van der Waals surface area contributed by atoms with E-state index in [-0.39, 0.29) is 11.3 Å². The lowest BCUT2D eigenvalue weighted by molar-refractivity contribution is -0.215. The fraction of sp³-hybridized carbons (Fsp3) is 0.556. The molecule has 2 radical (unpaired) electrons. The highest BCUT2D eigenvalue weighted by Gasteiger charge is 2.39. The van der Waals surface area contributed by atoms with Gasteiger partial charge in [0, 0.05) is 11.5 Å². The third-order valence-corrected chi connectivity index (χ3v) is 7.26. The SMILES string of the molecule is [B]c1ccc(OC(F)(F)c2c(C)cc(C3OCC(C4CCC(C)CC4)CO3)cc2C)cc1C. The Hall–Kier alpha value is -1.92. The average molecular weight is 454 g/mol. The third-order valence-electron chi connectivity index (χ3n) is 7.26. The maximum absolute atomic E-state index is 15.1. The van der Waals surface area contributed by atoms with Crippen molar-refractivity contribution in [3.63, 3.8) is 0 Å². The third kappa shape index (κ3) is 5.43. The predicted octanol–water partition coefficient (Wildman–Crippen LogP) is 6.02. The molecule has 2 fully saturated rings. The van der Waals surface area contributed by atoms with Gasteiger partial charge in [0.15, 0.2) is 6.29 Å². The predicted molar refractivity (Wildman–Crippen MR) is 126 cm³/mol. The molecule has 1 saturated carbocycles. The fourth-order valence-electron chi connectivity index (χ4n) is 5.24. The van der Waals surface area contributed by atoms with E-state index < -0.39 is 12.4 Å². The van der Waals surface area contributed by atoms with Gasteiger partial charge in [-0.3, -0.25) is 0 Å². The molecule has 0 aromatic heterocycles. The maximum atomic E-state index is 15.1. The molecule has 6 heteroatoms. The van der Waals surface area contributed by atoms with Crippen LogP contribution in [0.3, 0.4) is 0 Å². The lowest BCUT2D eigenvalue weighted by atomic mass is 9.76. The van der Waals surface area contributed by atoms with E-state index in [0.717, 1.165) is 11.5 Å². The quantitative estimate of drug-likeness (QED) is 0.517. The van der Waals surface area contributed by atoms with E-state index in [9.17, 15) is 0 Å². The van der Waals surface area contributed by atoms with Crippen LogP contribution < -0.4 is 10.2 Å². The maximum Gasteiger partial charge on any atom is 0.427 e. The zero-order valence-corrected chi connectivity index (χ0v) is 20.0. The van der Waals surface area contributed by atoms with E-state index in [0.29, 0.717) is 47.2 Å². The van der Waals surface area contributed by atoms with Crippen LogP contribution in [0.1, 0.15) is 66.7 Å². The van der Waals surface area contributed by atoms with E-state index in [1.165, 1.54) is 37.8 Å². The van der Waals surface area contributed by atoms with Gasteiger partial charge in [0.1, 0.15) is 13.6 Å². The van der Waals surface area contributed by atoms with Crippen molar-refractivity contribution in [2.75, 3.05) is 13.2 Å². The Morgan fingerprint density at radius 3 is 2.06 bits per heavy atom. The van der Waals surface area contributed by atoms with Crippen LogP contribution in [0.4, 0.5) is 8.78 Å². The Morgan fingerprint density at radius 1 is 0.879 bits per heavy atom. The highest BCUT2D eigenvalue weighted by Crippen LogP contribution is 2.40. The summed E-state index contributed by atoms with van der Waals surface area (Å²) in [5, 5.41) is 0. The molecule has 0 spiro atoms. The van der Waals surface area contributed by atoms with Crippen molar-refractivity contribution < 1.29 is 23.0 Å². The van der Waals surface area contributed by atoms with E-state index in [2.05, 4.69) is 6.92 Å². The zero-order chi connectivity index (χ0) is 23.8. The first-order valence-electron chi connectivity index (χ1n) is 11.9. The molecule has 2 aliphatic rings. The fourth-order valence-corrected chi connectivity index (χ4v) is 5.24. The normalized spacial score (nSPS) is 26.2. The summed E-state index contributed by atoms with van der Waals surface area (Å²) in [5.74, 6) is 1.96. The molecule has 1 saturated heterocycles. The first-order chi connectivity index (χ1) is 15.6. The molecule has 0 atom stereocenters. The molecule has 3 nitrogen and oxygen atoms in total. The Morgan fingerprint density at radius 2 is 1.48 bits per heavy atom. The minimum absolute atomic E-state index is 0.0803. The summed E-state index contributed by atoms with van der Waals surface area (Å²) < 4.78 is 47.5. The molecule has 0 N–H and O–H groups in total. The van der Waals surface area contributed by atoms with Gasteiger partial charge >= 0.3 is 6.11 Å². The van der Waals surface area contributed by atoms with Crippen molar-refractivity contribution in [1.82, 2.24) is 0 Å². The highest BCUT2D eigenvalue weighted by atomic mass is 19.3. The smallest absolute Gasteiger partial charge is 0.427 e. The van der Waals surface area contributed by atoms with Crippen LogP contribution in [0, 0.1) is 38.5 Å². The topological polar surface area (TPSA) is 27.7 Å². The summed E-state index contributed by atoms with van der Waals surface area (Å²) in [5.41, 5.74) is 2.75. The van der Waals surface area contributed by atoms with E-state index >= 15 is 8.78 Å². The molecule has 0 amide bonds. The van der Waals surface area contributed by atoms with E-state index in [1.807, 2.05) is 0 Å². The molecule has 33 heavy (non-hydrogen) atoms. The first-order valence-corrected chi connectivity index (χ1v) is 11.9. The van der Waals surface area contributed by atoms with Crippen LogP contribution in [-0.2, 0) is 15.6 Å².